The van der Waals surface area contributed by atoms with Crippen molar-refractivity contribution in [2.24, 2.45) is 0 Å². The number of unbranched alkanes of at least 4 members (excludes halogenated alkanes) is 6. The molecule has 0 unspecified atom stereocenters. The predicted molar refractivity (Wildman–Crippen MR) is 71.8 cm³/mol. The fourth-order valence-electron chi connectivity index (χ4n) is 1.65. The van der Waals surface area contributed by atoms with E-state index in [9.17, 15) is 0 Å². The minimum atomic E-state index is -1.27. The second-order valence-corrected chi connectivity index (χ2v) is 9.34. The maximum Gasteiger partial charge on any atom is 0.186 e. The second-order valence-electron chi connectivity index (χ2n) is 4.91. The smallest absolute Gasteiger partial charge is 0.186 e. The lowest BCUT2D eigenvalue weighted by Crippen LogP contribution is -2.27. The topological polar surface area (TPSA) is 9.23 Å². The maximum absolute atomic E-state index is 5.53. The summed E-state index contributed by atoms with van der Waals surface area (Å²) in [6, 6.07) is 1.32. The molecule has 0 atom stereocenters. The molecule has 0 aliphatic rings. The Morgan fingerprint density at radius 1 is 1.00 bits per heavy atom. The highest BCUT2D eigenvalue weighted by molar-refractivity contribution is 6.71. The summed E-state index contributed by atoms with van der Waals surface area (Å²) in [5.41, 5.74) is 0. The van der Waals surface area contributed by atoms with Gasteiger partial charge >= 0.3 is 0 Å². The van der Waals surface area contributed by atoms with Gasteiger partial charge in [0.25, 0.3) is 0 Å². The zero-order valence-corrected chi connectivity index (χ0v) is 11.8. The summed E-state index contributed by atoms with van der Waals surface area (Å²) in [5, 5.41) is 0. The van der Waals surface area contributed by atoms with E-state index in [4.69, 9.17) is 4.43 Å². The fourth-order valence-corrected chi connectivity index (χ4v) is 2.95. The van der Waals surface area contributed by atoms with Crippen LogP contribution >= 0.6 is 0 Å². The van der Waals surface area contributed by atoms with Crippen molar-refractivity contribution in [2.75, 3.05) is 7.11 Å². The van der Waals surface area contributed by atoms with Gasteiger partial charge in [0.1, 0.15) is 0 Å². The van der Waals surface area contributed by atoms with Gasteiger partial charge in [0, 0.05) is 7.11 Å². The van der Waals surface area contributed by atoms with Crippen LogP contribution in [0.15, 0.2) is 12.7 Å². The van der Waals surface area contributed by atoms with Crippen LogP contribution in [0.3, 0.4) is 0 Å². The standard InChI is InChI=1S/C13H28OSi/c1-5-6-7-8-9-10-11-12-13-15(3,4)14-2/h5H,1,6-13H2,2-4H3. The zero-order valence-electron chi connectivity index (χ0n) is 10.8. The summed E-state index contributed by atoms with van der Waals surface area (Å²) in [6.07, 6.45) is 11.4. The first-order valence-electron chi connectivity index (χ1n) is 6.28. The monoisotopic (exact) mass is 228 g/mol. The summed E-state index contributed by atoms with van der Waals surface area (Å²) in [4.78, 5) is 0. The predicted octanol–water partition coefficient (Wildman–Crippen LogP) is 4.75. The SMILES string of the molecule is C=CCCCCCCCC[Si](C)(C)OC. The summed E-state index contributed by atoms with van der Waals surface area (Å²) >= 11 is 0. The average Bonchev–Trinajstić information content (AvgIpc) is 2.22. The first-order valence-corrected chi connectivity index (χ1v) is 9.40. The van der Waals surface area contributed by atoms with Crippen molar-refractivity contribution in [1.29, 1.82) is 0 Å². The van der Waals surface area contributed by atoms with E-state index in [-0.39, 0.29) is 0 Å². The molecule has 0 fully saturated rings. The lowest BCUT2D eigenvalue weighted by molar-refractivity contribution is 0.400. The van der Waals surface area contributed by atoms with Crippen molar-refractivity contribution in [3.05, 3.63) is 12.7 Å². The van der Waals surface area contributed by atoms with E-state index < -0.39 is 8.32 Å². The zero-order chi connectivity index (χ0) is 11.6. The first kappa shape index (κ1) is 14.9. The van der Waals surface area contributed by atoms with E-state index in [1.54, 1.807) is 0 Å². The molecule has 15 heavy (non-hydrogen) atoms. The molecule has 0 aromatic heterocycles. The van der Waals surface area contributed by atoms with E-state index in [2.05, 4.69) is 19.7 Å². The molecule has 0 spiro atoms. The van der Waals surface area contributed by atoms with Gasteiger partial charge in [0.2, 0.25) is 0 Å². The highest BCUT2D eigenvalue weighted by Gasteiger charge is 2.18. The molecule has 0 bridgehead atoms. The van der Waals surface area contributed by atoms with Gasteiger partial charge in [0.15, 0.2) is 8.32 Å². The van der Waals surface area contributed by atoms with Crippen LogP contribution in [0.25, 0.3) is 0 Å². The molecule has 0 saturated heterocycles. The average molecular weight is 228 g/mol. The van der Waals surface area contributed by atoms with Crippen molar-refractivity contribution in [1.82, 2.24) is 0 Å². The Morgan fingerprint density at radius 3 is 2.07 bits per heavy atom. The number of allylic oxidation sites excluding steroid dienone is 1. The molecule has 0 N–H and O–H groups in total. The largest absolute Gasteiger partial charge is 0.420 e. The van der Waals surface area contributed by atoms with Crippen LogP contribution in [-0.2, 0) is 4.43 Å². The lowest BCUT2D eigenvalue weighted by atomic mass is 10.1. The van der Waals surface area contributed by atoms with Crippen LogP contribution in [-0.4, -0.2) is 15.4 Å². The van der Waals surface area contributed by atoms with Gasteiger partial charge in [-0.15, -0.1) is 6.58 Å². The molecule has 0 aromatic rings. The van der Waals surface area contributed by atoms with E-state index >= 15 is 0 Å². The maximum atomic E-state index is 5.53. The summed E-state index contributed by atoms with van der Waals surface area (Å²) in [7, 11) is 0.591. The van der Waals surface area contributed by atoms with Crippen LogP contribution in [0.5, 0.6) is 0 Å². The summed E-state index contributed by atoms with van der Waals surface area (Å²) in [6.45, 7) is 8.34. The molecular weight excluding hydrogens is 200 g/mol. The molecular formula is C13H28OSi. The van der Waals surface area contributed by atoms with E-state index in [1.807, 2.05) is 13.2 Å². The lowest BCUT2D eigenvalue weighted by Gasteiger charge is -2.19. The summed E-state index contributed by atoms with van der Waals surface area (Å²) < 4.78 is 5.53. The highest BCUT2D eigenvalue weighted by atomic mass is 28.4. The van der Waals surface area contributed by atoms with Crippen LogP contribution < -0.4 is 0 Å². The minimum Gasteiger partial charge on any atom is -0.420 e. The van der Waals surface area contributed by atoms with Crippen molar-refractivity contribution in [2.45, 2.75) is 64.1 Å². The van der Waals surface area contributed by atoms with Gasteiger partial charge in [-0.2, -0.15) is 0 Å². The molecule has 1 nitrogen and oxygen atoms in total. The quantitative estimate of drug-likeness (QED) is 0.298. The van der Waals surface area contributed by atoms with Crippen LogP contribution in [0, 0.1) is 0 Å². The Balaban J connectivity index is 3.14. The molecule has 0 heterocycles. The van der Waals surface area contributed by atoms with Crippen molar-refractivity contribution in [3.8, 4) is 0 Å². The molecule has 0 saturated carbocycles. The summed E-state index contributed by atoms with van der Waals surface area (Å²) in [5.74, 6) is 0. The first-order chi connectivity index (χ1) is 7.12. The number of hydrogen-bond donors (Lipinski definition) is 0. The third kappa shape index (κ3) is 10.2. The molecule has 0 radical (unpaired) electrons. The molecule has 0 rings (SSSR count). The molecule has 0 aromatic carbocycles. The van der Waals surface area contributed by atoms with Crippen molar-refractivity contribution in [3.63, 3.8) is 0 Å². The van der Waals surface area contributed by atoms with Gasteiger partial charge in [-0.1, -0.05) is 38.2 Å². The Kier molecular flexibility index (Phi) is 9.11. The second kappa shape index (κ2) is 9.17. The van der Waals surface area contributed by atoms with Gasteiger partial charge in [-0.25, -0.2) is 0 Å². The third-order valence-corrected chi connectivity index (χ3v) is 5.65. The van der Waals surface area contributed by atoms with E-state index in [1.165, 1.54) is 51.0 Å². The molecule has 0 amide bonds. The van der Waals surface area contributed by atoms with E-state index in [0.717, 1.165) is 0 Å². The van der Waals surface area contributed by atoms with Gasteiger partial charge in [-0.05, 0) is 32.0 Å². The molecule has 90 valence electrons. The van der Waals surface area contributed by atoms with Crippen molar-refractivity contribution >= 4 is 8.32 Å². The Hall–Kier alpha value is -0.0831. The molecule has 0 aliphatic heterocycles. The van der Waals surface area contributed by atoms with Crippen LogP contribution in [0.1, 0.15) is 44.9 Å². The van der Waals surface area contributed by atoms with Crippen LogP contribution in [0.2, 0.25) is 19.1 Å². The van der Waals surface area contributed by atoms with Gasteiger partial charge in [0.05, 0.1) is 0 Å². The Morgan fingerprint density at radius 2 is 1.53 bits per heavy atom. The highest BCUT2D eigenvalue weighted by Crippen LogP contribution is 2.16. The minimum absolute atomic E-state index is 1.18. The van der Waals surface area contributed by atoms with Gasteiger partial charge < -0.3 is 4.43 Å². The van der Waals surface area contributed by atoms with Crippen LogP contribution in [0.4, 0.5) is 0 Å². The fraction of sp³-hybridized carbons (Fsp3) is 0.846. The molecule has 0 aliphatic carbocycles. The Bertz CT molecular complexity index is 155. The third-order valence-electron chi connectivity index (χ3n) is 2.99. The number of rotatable bonds is 10. The number of hydrogen-bond acceptors (Lipinski definition) is 1. The van der Waals surface area contributed by atoms with E-state index in [0.29, 0.717) is 0 Å². The molecule has 2 heteroatoms. The normalized spacial score (nSPS) is 11.7. The van der Waals surface area contributed by atoms with Gasteiger partial charge in [-0.3, -0.25) is 0 Å². The van der Waals surface area contributed by atoms with Crippen molar-refractivity contribution < 1.29 is 4.43 Å². The Labute approximate surface area is 97.0 Å².